The minimum absolute atomic E-state index is 0.0712. The molecule has 1 N–H and O–H groups in total. The number of hydrogen-bond donors (Lipinski definition) is 1. The van der Waals surface area contributed by atoms with E-state index >= 15 is 0 Å². The Morgan fingerprint density at radius 1 is 1.43 bits per heavy atom. The van der Waals surface area contributed by atoms with Crippen molar-refractivity contribution < 1.29 is 18.3 Å². The number of aromatic nitrogens is 2. The van der Waals surface area contributed by atoms with Crippen LogP contribution in [0.1, 0.15) is 18.4 Å². The molecule has 2 heterocycles. The Balaban J connectivity index is 2.19. The summed E-state index contributed by atoms with van der Waals surface area (Å²) in [5, 5.41) is 9.20. The minimum Gasteiger partial charge on any atom is -0.480 e. The Morgan fingerprint density at radius 2 is 2.19 bits per heavy atom. The third-order valence-corrected chi connectivity index (χ3v) is 6.26. The van der Waals surface area contributed by atoms with Crippen molar-refractivity contribution in [3.05, 3.63) is 17.7 Å². The second-order valence-electron chi connectivity index (χ2n) is 4.96. The molecule has 1 saturated heterocycles. The zero-order valence-corrected chi connectivity index (χ0v) is 12.8. The van der Waals surface area contributed by atoms with Crippen molar-refractivity contribution in [2.45, 2.75) is 30.7 Å². The maximum atomic E-state index is 12.9. The fourth-order valence-corrected chi connectivity index (χ4v) is 5.25. The Kier molecular flexibility index (Phi) is 3.42. The van der Waals surface area contributed by atoms with Crippen molar-refractivity contribution in [2.75, 3.05) is 6.54 Å². The molecule has 0 spiro atoms. The van der Waals surface area contributed by atoms with Gasteiger partial charge in [0.05, 0.1) is 11.7 Å². The number of fused-ring (bicyclic) bond motifs is 1. The number of nitrogens with zero attached hydrogens (tertiary/aromatic N) is 3. The first-order valence-electron chi connectivity index (χ1n) is 6.39. The van der Waals surface area contributed by atoms with Crippen LogP contribution < -0.4 is 0 Å². The summed E-state index contributed by atoms with van der Waals surface area (Å²) in [5.41, 5.74) is 1.37. The lowest BCUT2D eigenvalue weighted by atomic mass is 10.2. The van der Waals surface area contributed by atoms with Gasteiger partial charge in [0.1, 0.15) is 22.0 Å². The Labute approximate surface area is 125 Å². The molecule has 0 saturated carbocycles. The van der Waals surface area contributed by atoms with Crippen LogP contribution in [0.3, 0.4) is 0 Å². The summed E-state index contributed by atoms with van der Waals surface area (Å²) in [7, 11) is -3.90. The first-order valence-corrected chi connectivity index (χ1v) is 8.56. The van der Waals surface area contributed by atoms with Crippen molar-refractivity contribution >= 4 is 38.8 Å². The summed E-state index contributed by atoms with van der Waals surface area (Å²) in [6.45, 7) is 1.89. The van der Waals surface area contributed by atoms with Crippen LogP contribution in [0.15, 0.2) is 17.0 Å². The maximum Gasteiger partial charge on any atom is 0.322 e. The normalized spacial score (nSPS) is 20.1. The van der Waals surface area contributed by atoms with Crippen LogP contribution in [0.2, 0.25) is 0 Å². The number of sulfonamides is 1. The summed E-state index contributed by atoms with van der Waals surface area (Å²) >= 11 is 0.942. The molecular formula is C12H13N3O4S2. The van der Waals surface area contributed by atoms with Gasteiger partial charge in [-0.1, -0.05) is 6.07 Å². The molecule has 1 aliphatic heterocycles. The van der Waals surface area contributed by atoms with E-state index in [0.717, 1.165) is 16.0 Å². The zero-order chi connectivity index (χ0) is 15.2. The SMILES string of the molecule is Cc1ccc2nsnc2c1S(=O)(=O)N1CCC[C@H]1C(=O)O. The van der Waals surface area contributed by atoms with Gasteiger partial charge in [0, 0.05) is 6.54 Å². The van der Waals surface area contributed by atoms with Gasteiger partial charge in [0.15, 0.2) is 0 Å². The van der Waals surface area contributed by atoms with E-state index in [1.165, 1.54) is 0 Å². The molecule has 3 rings (SSSR count). The minimum atomic E-state index is -3.90. The van der Waals surface area contributed by atoms with Crippen molar-refractivity contribution in [3.8, 4) is 0 Å². The molecule has 2 aromatic rings. The van der Waals surface area contributed by atoms with Crippen LogP contribution in [-0.4, -0.2) is 45.1 Å². The van der Waals surface area contributed by atoms with E-state index in [9.17, 15) is 18.3 Å². The summed E-state index contributed by atoms with van der Waals surface area (Å²) in [6.07, 6.45) is 0.874. The Morgan fingerprint density at radius 3 is 2.90 bits per heavy atom. The van der Waals surface area contributed by atoms with Crippen LogP contribution >= 0.6 is 11.7 Å². The lowest BCUT2D eigenvalue weighted by molar-refractivity contribution is -0.140. The van der Waals surface area contributed by atoms with Crippen LogP contribution in [0, 0.1) is 6.92 Å². The first-order chi connectivity index (χ1) is 9.93. The number of rotatable bonds is 3. The van der Waals surface area contributed by atoms with E-state index in [-0.39, 0.29) is 11.4 Å². The van der Waals surface area contributed by atoms with Gasteiger partial charge < -0.3 is 5.11 Å². The lowest BCUT2D eigenvalue weighted by Gasteiger charge is -2.22. The monoisotopic (exact) mass is 327 g/mol. The molecule has 1 aromatic heterocycles. The van der Waals surface area contributed by atoms with Gasteiger partial charge in [-0.2, -0.15) is 13.1 Å². The highest BCUT2D eigenvalue weighted by atomic mass is 32.2. The topological polar surface area (TPSA) is 100 Å². The smallest absolute Gasteiger partial charge is 0.322 e. The van der Waals surface area contributed by atoms with Crippen LogP contribution in [0.25, 0.3) is 11.0 Å². The highest BCUT2D eigenvalue weighted by Gasteiger charge is 2.41. The maximum absolute atomic E-state index is 12.9. The molecule has 112 valence electrons. The highest BCUT2D eigenvalue weighted by molar-refractivity contribution is 7.89. The first kappa shape index (κ1) is 14.4. The van der Waals surface area contributed by atoms with Gasteiger partial charge in [-0.25, -0.2) is 8.42 Å². The van der Waals surface area contributed by atoms with Crippen molar-refractivity contribution in [1.29, 1.82) is 0 Å². The highest BCUT2D eigenvalue weighted by Crippen LogP contribution is 2.32. The molecule has 9 heteroatoms. The van der Waals surface area contributed by atoms with E-state index < -0.39 is 22.0 Å². The standard InChI is InChI=1S/C12H13N3O4S2/c1-7-4-5-8-10(14-20-13-8)11(7)21(18,19)15-6-2-3-9(15)12(16)17/h4-5,9H,2-3,6H2,1H3,(H,16,17)/t9-/m0/s1. The fourth-order valence-electron chi connectivity index (χ4n) is 2.65. The second kappa shape index (κ2) is 5.00. The Bertz CT molecular complexity index is 815. The molecule has 0 amide bonds. The Hall–Kier alpha value is -1.58. The average molecular weight is 327 g/mol. The quantitative estimate of drug-likeness (QED) is 0.910. The molecule has 1 atom stereocenters. The number of aliphatic carboxylic acids is 1. The zero-order valence-electron chi connectivity index (χ0n) is 11.2. The van der Waals surface area contributed by atoms with Crippen LogP contribution in [0.5, 0.6) is 0 Å². The number of aryl methyl sites for hydroxylation is 1. The third-order valence-electron chi connectivity index (χ3n) is 3.63. The second-order valence-corrected chi connectivity index (χ2v) is 7.31. The molecule has 0 unspecified atom stereocenters. The average Bonchev–Trinajstić information content (AvgIpc) is 3.06. The number of carbonyl (C=O) groups is 1. The predicted molar refractivity (Wildman–Crippen MR) is 76.7 cm³/mol. The molecule has 7 nitrogen and oxygen atoms in total. The largest absolute Gasteiger partial charge is 0.480 e. The van der Waals surface area contributed by atoms with Crippen molar-refractivity contribution in [3.63, 3.8) is 0 Å². The van der Waals surface area contributed by atoms with Gasteiger partial charge in [-0.3, -0.25) is 4.79 Å². The van der Waals surface area contributed by atoms with Crippen molar-refractivity contribution in [2.24, 2.45) is 0 Å². The molecule has 0 bridgehead atoms. The molecule has 1 aliphatic rings. The summed E-state index contributed by atoms with van der Waals surface area (Å²) in [5.74, 6) is -1.11. The van der Waals surface area contributed by atoms with E-state index in [4.69, 9.17) is 0 Å². The molecule has 0 aliphatic carbocycles. The molecule has 21 heavy (non-hydrogen) atoms. The van der Waals surface area contributed by atoms with Gasteiger partial charge in [0.25, 0.3) is 0 Å². The molecule has 1 aromatic carbocycles. The van der Waals surface area contributed by atoms with Crippen LogP contribution in [-0.2, 0) is 14.8 Å². The van der Waals surface area contributed by atoms with Gasteiger partial charge in [0.2, 0.25) is 10.0 Å². The number of hydrogen-bond acceptors (Lipinski definition) is 6. The van der Waals surface area contributed by atoms with Crippen LogP contribution in [0.4, 0.5) is 0 Å². The van der Waals surface area contributed by atoms with E-state index in [1.807, 2.05) is 0 Å². The van der Waals surface area contributed by atoms with Gasteiger partial charge in [-0.05, 0) is 31.4 Å². The van der Waals surface area contributed by atoms with Gasteiger partial charge in [-0.15, -0.1) is 0 Å². The number of carboxylic acid groups (broad SMARTS) is 1. The molecule has 0 radical (unpaired) electrons. The third kappa shape index (κ3) is 2.21. The fraction of sp³-hybridized carbons (Fsp3) is 0.417. The lowest BCUT2D eigenvalue weighted by Crippen LogP contribution is -2.40. The van der Waals surface area contributed by atoms with Gasteiger partial charge >= 0.3 is 5.97 Å². The van der Waals surface area contributed by atoms with E-state index in [0.29, 0.717) is 29.4 Å². The van der Waals surface area contributed by atoms with E-state index in [1.54, 1.807) is 19.1 Å². The summed E-state index contributed by atoms with van der Waals surface area (Å²) in [6, 6.07) is 2.38. The molecule has 1 fully saturated rings. The molecular weight excluding hydrogens is 314 g/mol. The number of carboxylic acids is 1. The number of benzene rings is 1. The summed E-state index contributed by atoms with van der Waals surface area (Å²) in [4.78, 5) is 11.3. The predicted octanol–water partition coefficient (Wildman–Crippen LogP) is 1.24. The summed E-state index contributed by atoms with van der Waals surface area (Å²) < 4.78 is 34.9. The van der Waals surface area contributed by atoms with Crippen molar-refractivity contribution in [1.82, 2.24) is 13.1 Å². The van der Waals surface area contributed by atoms with E-state index in [2.05, 4.69) is 8.75 Å².